The van der Waals surface area contributed by atoms with Gasteiger partial charge >= 0.3 is 0 Å². The third kappa shape index (κ3) is 2.51. The average Bonchev–Trinajstić information content (AvgIpc) is 2.33. The molecule has 0 spiro atoms. The Labute approximate surface area is 107 Å². The Balaban J connectivity index is 1.90. The van der Waals surface area contributed by atoms with Crippen LogP contribution in [0, 0.1) is 18.3 Å². The molecule has 1 aromatic rings. The van der Waals surface area contributed by atoms with Crippen molar-refractivity contribution < 1.29 is 4.79 Å². The minimum atomic E-state index is -0.350. The highest BCUT2D eigenvalue weighted by Crippen LogP contribution is 2.44. The lowest BCUT2D eigenvalue weighted by molar-refractivity contribution is -0.138. The van der Waals surface area contributed by atoms with E-state index in [1.807, 2.05) is 6.92 Å². The van der Waals surface area contributed by atoms with Gasteiger partial charge in [-0.15, -0.1) is 0 Å². The van der Waals surface area contributed by atoms with Crippen LogP contribution in [0.5, 0.6) is 0 Å². The van der Waals surface area contributed by atoms with E-state index in [1.165, 1.54) is 0 Å². The van der Waals surface area contributed by atoms with Gasteiger partial charge in [0.2, 0.25) is 5.91 Å². The van der Waals surface area contributed by atoms with Crippen LogP contribution in [0.15, 0.2) is 12.4 Å². The van der Waals surface area contributed by atoms with Gasteiger partial charge in [-0.1, -0.05) is 6.92 Å². The summed E-state index contributed by atoms with van der Waals surface area (Å²) in [4.78, 5) is 20.5. The smallest absolute Gasteiger partial charge is 0.227 e. The predicted molar refractivity (Wildman–Crippen MR) is 68.5 cm³/mol. The molecule has 1 aliphatic rings. The van der Waals surface area contributed by atoms with Crippen LogP contribution in [0.25, 0.3) is 0 Å². The van der Waals surface area contributed by atoms with Gasteiger partial charge < -0.3 is 11.1 Å². The van der Waals surface area contributed by atoms with Crippen LogP contribution in [0.1, 0.15) is 31.2 Å². The number of carbonyl (C=O) groups is 1. The fourth-order valence-corrected chi connectivity index (χ4v) is 2.59. The maximum atomic E-state index is 12.1. The summed E-state index contributed by atoms with van der Waals surface area (Å²) < 4.78 is 0. The van der Waals surface area contributed by atoms with Crippen LogP contribution in [0.2, 0.25) is 0 Å². The van der Waals surface area contributed by atoms with E-state index in [4.69, 9.17) is 5.73 Å². The first-order chi connectivity index (χ1) is 8.55. The molecule has 1 aromatic heterocycles. The van der Waals surface area contributed by atoms with Crippen molar-refractivity contribution in [2.75, 3.05) is 6.54 Å². The van der Waals surface area contributed by atoms with Gasteiger partial charge in [-0.25, -0.2) is 0 Å². The maximum absolute atomic E-state index is 12.1. The molecule has 0 atom stereocenters. The van der Waals surface area contributed by atoms with Crippen molar-refractivity contribution in [1.29, 1.82) is 0 Å². The SMILES string of the molecule is Cc1cnc(CNC(=O)C2(CN)CC(C)C2)cn1. The van der Waals surface area contributed by atoms with Crippen LogP contribution in [-0.2, 0) is 11.3 Å². The average molecular weight is 248 g/mol. The first kappa shape index (κ1) is 13.0. The van der Waals surface area contributed by atoms with Gasteiger partial charge in [-0.05, 0) is 25.7 Å². The summed E-state index contributed by atoms with van der Waals surface area (Å²) in [5.41, 5.74) is 7.03. The molecule has 1 saturated carbocycles. The summed E-state index contributed by atoms with van der Waals surface area (Å²) in [6.07, 6.45) is 5.16. The standard InChI is InChI=1S/C13H20N4O/c1-9-3-13(4-9,8-14)12(18)17-7-11-6-15-10(2)5-16-11/h5-6,9H,3-4,7-8,14H2,1-2H3,(H,17,18). The van der Waals surface area contributed by atoms with Gasteiger partial charge in [0.1, 0.15) is 0 Å². The lowest BCUT2D eigenvalue weighted by atomic mass is 9.62. The Morgan fingerprint density at radius 2 is 2.22 bits per heavy atom. The third-order valence-corrected chi connectivity index (χ3v) is 3.62. The lowest BCUT2D eigenvalue weighted by Gasteiger charge is -2.44. The molecule has 0 aliphatic heterocycles. The molecular weight excluding hydrogens is 228 g/mol. The van der Waals surface area contributed by atoms with Crippen molar-refractivity contribution in [2.24, 2.45) is 17.1 Å². The summed E-state index contributed by atoms with van der Waals surface area (Å²) in [5.74, 6) is 0.643. The Morgan fingerprint density at radius 3 is 2.72 bits per heavy atom. The van der Waals surface area contributed by atoms with E-state index >= 15 is 0 Å². The number of aromatic nitrogens is 2. The fraction of sp³-hybridized carbons (Fsp3) is 0.615. The quantitative estimate of drug-likeness (QED) is 0.825. The molecule has 0 radical (unpaired) electrons. The van der Waals surface area contributed by atoms with E-state index in [9.17, 15) is 4.79 Å². The highest BCUT2D eigenvalue weighted by molar-refractivity contribution is 5.83. The van der Waals surface area contributed by atoms with Gasteiger partial charge in [-0.3, -0.25) is 14.8 Å². The number of aryl methyl sites for hydroxylation is 1. The second-order valence-electron chi connectivity index (χ2n) is 5.33. The van der Waals surface area contributed by atoms with Gasteiger partial charge in [0.05, 0.1) is 29.5 Å². The summed E-state index contributed by atoms with van der Waals surface area (Å²) in [7, 11) is 0. The van der Waals surface area contributed by atoms with Crippen molar-refractivity contribution >= 4 is 5.91 Å². The summed E-state index contributed by atoms with van der Waals surface area (Å²) >= 11 is 0. The molecule has 1 heterocycles. The maximum Gasteiger partial charge on any atom is 0.227 e. The lowest BCUT2D eigenvalue weighted by Crippen LogP contribution is -2.53. The van der Waals surface area contributed by atoms with Gasteiger partial charge in [-0.2, -0.15) is 0 Å². The normalized spacial score (nSPS) is 26.5. The van der Waals surface area contributed by atoms with Crippen LogP contribution in [0.4, 0.5) is 0 Å². The molecule has 0 saturated heterocycles. The number of nitrogens with two attached hydrogens (primary N) is 1. The van der Waals surface area contributed by atoms with Crippen LogP contribution in [-0.4, -0.2) is 22.4 Å². The predicted octanol–water partition coefficient (Wildman–Crippen LogP) is 0.776. The van der Waals surface area contributed by atoms with Crippen molar-refractivity contribution in [2.45, 2.75) is 33.2 Å². The second-order valence-corrected chi connectivity index (χ2v) is 5.33. The Bertz CT molecular complexity index is 423. The molecule has 1 fully saturated rings. The van der Waals surface area contributed by atoms with Crippen molar-refractivity contribution in [1.82, 2.24) is 15.3 Å². The number of amides is 1. The zero-order chi connectivity index (χ0) is 13.2. The number of rotatable bonds is 4. The monoisotopic (exact) mass is 248 g/mol. The van der Waals surface area contributed by atoms with Crippen LogP contribution < -0.4 is 11.1 Å². The number of carbonyl (C=O) groups excluding carboxylic acids is 1. The Morgan fingerprint density at radius 1 is 1.50 bits per heavy atom. The molecule has 1 amide bonds. The molecule has 0 bridgehead atoms. The summed E-state index contributed by atoms with van der Waals surface area (Å²) in [6.45, 7) is 4.87. The highest BCUT2D eigenvalue weighted by Gasteiger charge is 2.46. The van der Waals surface area contributed by atoms with E-state index in [1.54, 1.807) is 12.4 Å². The number of nitrogens with zero attached hydrogens (tertiary/aromatic N) is 2. The number of hydrogen-bond donors (Lipinski definition) is 2. The van der Waals surface area contributed by atoms with Crippen LogP contribution in [0.3, 0.4) is 0 Å². The van der Waals surface area contributed by atoms with E-state index in [0.717, 1.165) is 24.2 Å². The molecule has 3 N–H and O–H groups in total. The molecule has 5 heteroatoms. The van der Waals surface area contributed by atoms with E-state index in [2.05, 4.69) is 22.2 Å². The van der Waals surface area contributed by atoms with E-state index < -0.39 is 0 Å². The first-order valence-corrected chi connectivity index (χ1v) is 6.31. The van der Waals surface area contributed by atoms with Gasteiger partial charge in [0.25, 0.3) is 0 Å². The molecule has 1 aliphatic carbocycles. The van der Waals surface area contributed by atoms with Gasteiger partial charge in [0.15, 0.2) is 0 Å². The van der Waals surface area contributed by atoms with Gasteiger partial charge in [0, 0.05) is 12.7 Å². The molecule has 5 nitrogen and oxygen atoms in total. The zero-order valence-corrected chi connectivity index (χ0v) is 10.9. The summed E-state index contributed by atoms with van der Waals surface area (Å²) in [6, 6.07) is 0. The summed E-state index contributed by atoms with van der Waals surface area (Å²) in [5, 5.41) is 2.91. The molecule has 0 unspecified atom stereocenters. The van der Waals surface area contributed by atoms with E-state index in [-0.39, 0.29) is 11.3 Å². The molecule has 98 valence electrons. The number of hydrogen-bond acceptors (Lipinski definition) is 4. The third-order valence-electron chi connectivity index (χ3n) is 3.62. The molecular formula is C13H20N4O. The van der Waals surface area contributed by atoms with Crippen LogP contribution >= 0.6 is 0 Å². The topological polar surface area (TPSA) is 80.9 Å². The Hall–Kier alpha value is -1.49. The second kappa shape index (κ2) is 5.02. The highest BCUT2D eigenvalue weighted by atomic mass is 16.2. The first-order valence-electron chi connectivity index (χ1n) is 6.31. The largest absolute Gasteiger partial charge is 0.350 e. The minimum Gasteiger partial charge on any atom is -0.350 e. The zero-order valence-electron chi connectivity index (χ0n) is 10.9. The molecule has 18 heavy (non-hydrogen) atoms. The molecule has 0 aromatic carbocycles. The fourth-order valence-electron chi connectivity index (χ4n) is 2.59. The molecule has 2 rings (SSSR count). The van der Waals surface area contributed by atoms with Crippen molar-refractivity contribution in [3.8, 4) is 0 Å². The Kier molecular flexibility index (Phi) is 3.61. The van der Waals surface area contributed by atoms with E-state index in [0.29, 0.717) is 19.0 Å². The van der Waals surface area contributed by atoms with Crippen molar-refractivity contribution in [3.05, 3.63) is 23.8 Å². The number of nitrogens with one attached hydrogen (secondary N) is 1. The van der Waals surface area contributed by atoms with Crippen molar-refractivity contribution in [3.63, 3.8) is 0 Å². The minimum absolute atomic E-state index is 0.0467.